The lowest BCUT2D eigenvalue weighted by Gasteiger charge is -2.39. The molecule has 2 aliphatic carbocycles. The van der Waals surface area contributed by atoms with Gasteiger partial charge in [-0.2, -0.15) is 0 Å². The van der Waals surface area contributed by atoms with Crippen LogP contribution in [-0.4, -0.2) is 42.5 Å². The van der Waals surface area contributed by atoms with Crippen LogP contribution in [0.15, 0.2) is 0 Å². The quantitative estimate of drug-likeness (QED) is 0.673. The van der Waals surface area contributed by atoms with Crippen molar-refractivity contribution in [1.82, 2.24) is 4.90 Å². The van der Waals surface area contributed by atoms with Gasteiger partial charge < -0.3 is 10.1 Å². The number of esters is 1. The fourth-order valence-corrected chi connectivity index (χ4v) is 7.79. The first-order valence-electron chi connectivity index (χ1n) is 11.4. The van der Waals surface area contributed by atoms with Crippen molar-refractivity contribution in [3.05, 3.63) is 16.0 Å². The number of anilines is 1. The molecule has 4 rings (SSSR count). The van der Waals surface area contributed by atoms with E-state index in [1.165, 1.54) is 17.7 Å². The van der Waals surface area contributed by atoms with Crippen molar-refractivity contribution in [1.29, 1.82) is 0 Å². The SMILES string of the molecule is CCOC(=O)c1c(NC(=O)CN2C[C@@]3(C)C[C@H]2CC(C)(C)C3)sc2c1CC[C@@H](C)C2. The molecule has 1 amide bonds. The van der Waals surface area contributed by atoms with E-state index in [1.807, 2.05) is 6.92 Å². The lowest BCUT2D eigenvalue weighted by atomic mass is 9.65. The molecule has 0 unspecified atom stereocenters. The number of hydrogen-bond acceptors (Lipinski definition) is 5. The molecule has 1 aromatic rings. The maximum atomic E-state index is 13.0. The van der Waals surface area contributed by atoms with Crippen LogP contribution < -0.4 is 5.32 Å². The van der Waals surface area contributed by atoms with Crippen molar-refractivity contribution >= 4 is 28.2 Å². The highest BCUT2D eigenvalue weighted by atomic mass is 32.1. The zero-order valence-electron chi connectivity index (χ0n) is 19.1. The van der Waals surface area contributed by atoms with Gasteiger partial charge >= 0.3 is 5.97 Å². The third-order valence-corrected chi connectivity index (χ3v) is 8.28. The Balaban J connectivity index is 1.50. The Bertz CT molecular complexity index is 846. The predicted octanol–water partition coefficient (Wildman–Crippen LogP) is 4.89. The first-order chi connectivity index (χ1) is 14.1. The first kappa shape index (κ1) is 21.8. The Hall–Kier alpha value is -1.40. The molecule has 5 nitrogen and oxygen atoms in total. The van der Waals surface area contributed by atoms with Gasteiger partial charge in [0.1, 0.15) is 5.00 Å². The number of hydrogen-bond donors (Lipinski definition) is 1. The Morgan fingerprint density at radius 1 is 1.27 bits per heavy atom. The maximum absolute atomic E-state index is 13.0. The minimum absolute atomic E-state index is 0.0128. The topological polar surface area (TPSA) is 58.6 Å². The Kier molecular flexibility index (Phi) is 5.77. The van der Waals surface area contributed by atoms with Crippen LogP contribution in [0.2, 0.25) is 0 Å². The van der Waals surface area contributed by atoms with Gasteiger partial charge in [0.05, 0.1) is 18.7 Å². The molecule has 1 aromatic heterocycles. The summed E-state index contributed by atoms with van der Waals surface area (Å²) in [5.41, 5.74) is 2.34. The van der Waals surface area contributed by atoms with Crippen molar-refractivity contribution in [2.75, 3.05) is 25.0 Å². The second-order valence-electron chi connectivity index (χ2n) is 10.9. The van der Waals surface area contributed by atoms with Crippen LogP contribution in [0.4, 0.5) is 5.00 Å². The van der Waals surface area contributed by atoms with Crippen molar-refractivity contribution in [2.24, 2.45) is 16.7 Å². The summed E-state index contributed by atoms with van der Waals surface area (Å²) in [5.74, 6) is 0.301. The van der Waals surface area contributed by atoms with Crippen LogP contribution in [0.3, 0.4) is 0 Å². The maximum Gasteiger partial charge on any atom is 0.341 e. The lowest BCUT2D eigenvalue weighted by Crippen LogP contribution is -2.38. The molecule has 166 valence electrons. The highest BCUT2D eigenvalue weighted by Gasteiger charge is 2.49. The normalized spacial score (nSPS) is 30.0. The van der Waals surface area contributed by atoms with E-state index in [0.717, 1.165) is 37.8 Å². The predicted molar refractivity (Wildman–Crippen MR) is 121 cm³/mol. The summed E-state index contributed by atoms with van der Waals surface area (Å²) in [5, 5.41) is 3.79. The Morgan fingerprint density at radius 2 is 2.03 bits per heavy atom. The minimum atomic E-state index is -0.300. The van der Waals surface area contributed by atoms with Gasteiger partial charge in [-0.25, -0.2) is 4.79 Å². The third kappa shape index (κ3) is 4.31. The van der Waals surface area contributed by atoms with Crippen LogP contribution in [0.25, 0.3) is 0 Å². The molecule has 0 aromatic carbocycles. The van der Waals surface area contributed by atoms with Crippen LogP contribution in [0.1, 0.15) is 81.1 Å². The standard InChI is InChI=1S/C24H36N2O3S/c1-6-29-22(28)20-17-8-7-15(2)9-18(17)30-21(20)25-19(27)12-26-14-24(5)11-16(26)10-23(3,4)13-24/h15-16H,6-14H2,1-5H3,(H,25,27)/t15-,16-,24+/m1/s1. The molecule has 2 bridgehead atoms. The molecule has 2 fully saturated rings. The zero-order chi connectivity index (χ0) is 21.7. The number of ether oxygens (including phenoxy) is 1. The molecule has 1 saturated heterocycles. The highest BCUT2D eigenvalue weighted by Crippen LogP contribution is 2.52. The van der Waals surface area contributed by atoms with Crippen LogP contribution in [-0.2, 0) is 22.4 Å². The molecule has 2 heterocycles. The average Bonchev–Trinajstić information content (AvgIpc) is 3.07. The fourth-order valence-electron chi connectivity index (χ4n) is 6.37. The molecule has 3 atom stereocenters. The summed E-state index contributed by atoms with van der Waals surface area (Å²) in [6.07, 6.45) is 6.49. The van der Waals surface area contributed by atoms with Crippen molar-refractivity contribution in [2.45, 2.75) is 79.2 Å². The first-order valence-corrected chi connectivity index (χ1v) is 12.3. The summed E-state index contributed by atoms with van der Waals surface area (Å²) in [4.78, 5) is 29.3. The molecule has 1 saturated carbocycles. The molecule has 0 spiro atoms. The van der Waals surface area contributed by atoms with Crippen LogP contribution in [0.5, 0.6) is 0 Å². The molecule has 1 aliphatic heterocycles. The molecule has 6 heteroatoms. The van der Waals surface area contributed by atoms with Gasteiger partial charge in [0.15, 0.2) is 0 Å². The second-order valence-corrected chi connectivity index (χ2v) is 12.0. The number of fused-ring (bicyclic) bond motifs is 3. The van der Waals surface area contributed by atoms with Crippen LogP contribution in [0, 0.1) is 16.7 Å². The van der Waals surface area contributed by atoms with Gasteiger partial charge in [-0.05, 0) is 67.8 Å². The van der Waals surface area contributed by atoms with Crippen LogP contribution >= 0.6 is 11.3 Å². The average molecular weight is 433 g/mol. The van der Waals surface area contributed by atoms with E-state index in [4.69, 9.17) is 4.74 Å². The van der Waals surface area contributed by atoms with Crippen molar-refractivity contribution < 1.29 is 14.3 Å². The van der Waals surface area contributed by atoms with E-state index < -0.39 is 0 Å². The Labute approximate surface area is 184 Å². The smallest absolute Gasteiger partial charge is 0.341 e. The zero-order valence-corrected chi connectivity index (χ0v) is 19.9. The van der Waals surface area contributed by atoms with E-state index in [9.17, 15) is 9.59 Å². The molecule has 1 N–H and O–H groups in total. The summed E-state index contributed by atoms with van der Waals surface area (Å²) >= 11 is 1.57. The van der Waals surface area contributed by atoms with E-state index in [1.54, 1.807) is 11.3 Å². The summed E-state index contributed by atoms with van der Waals surface area (Å²) in [7, 11) is 0. The number of thiophene rings is 1. The Morgan fingerprint density at radius 3 is 2.77 bits per heavy atom. The number of likely N-dealkylation sites (tertiary alicyclic amines) is 1. The minimum Gasteiger partial charge on any atom is -0.462 e. The number of rotatable bonds is 5. The van der Waals surface area contributed by atoms with E-state index in [0.29, 0.717) is 46.5 Å². The molecule has 3 aliphatic rings. The summed E-state index contributed by atoms with van der Waals surface area (Å²) in [6.45, 7) is 12.9. The van der Waals surface area contributed by atoms with Gasteiger partial charge in [0.2, 0.25) is 5.91 Å². The van der Waals surface area contributed by atoms with Crippen molar-refractivity contribution in [3.63, 3.8) is 0 Å². The van der Waals surface area contributed by atoms with Gasteiger partial charge in [0.25, 0.3) is 0 Å². The molecule has 0 radical (unpaired) electrons. The van der Waals surface area contributed by atoms with E-state index in [-0.39, 0.29) is 11.9 Å². The molecular weight excluding hydrogens is 396 g/mol. The number of carbonyl (C=O) groups is 2. The summed E-state index contributed by atoms with van der Waals surface area (Å²) in [6, 6.07) is 0.478. The number of nitrogens with zero attached hydrogens (tertiary/aromatic N) is 1. The van der Waals surface area contributed by atoms with Gasteiger partial charge in [-0.1, -0.05) is 27.7 Å². The van der Waals surface area contributed by atoms with Gasteiger partial charge in [-0.15, -0.1) is 11.3 Å². The summed E-state index contributed by atoms with van der Waals surface area (Å²) < 4.78 is 5.33. The van der Waals surface area contributed by atoms with Gasteiger partial charge in [0, 0.05) is 17.5 Å². The lowest BCUT2D eigenvalue weighted by molar-refractivity contribution is -0.117. The van der Waals surface area contributed by atoms with E-state index in [2.05, 4.69) is 37.9 Å². The van der Waals surface area contributed by atoms with Crippen molar-refractivity contribution in [3.8, 4) is 0 Å². The number of carbonyl (C=O) groups excluding carboxylic acids is 2. The second kappa shape index (κ2) is 7.94. The fraction of sp³-hybridized carbons (Fsp3) is 0.750. The van der Waals surface area contributed by atoms with Gasteiger partial charge in [-0.3, -0.25) is 9.69 Å². The largest absolute Gasteiger partial charge is 0.462 e. The number of nitrogens with one attached hydrogen (secondary N) is 1. The monoisotopic (exact) mass is 432 g/mol. The third-order valence-electron chi connectivity index (χ3n) is 7.11. The number of amides is 1. The molecule has 30 heavy (non-hydrogen) atoms. The highest BCUT2D eigenvalue weighted by molar-refractivity contribution is 7.17. The van der Waals surface area contributed by atoms with E-state index >= 15 is 0 Å². The molecular formula is C24H36N2O3S.